The molecule has 0 radical (unpaired) electrons. The molecule has 1 aliphatic rings. The van der Waals surface area contributed by atoms with Gasteiger partial charge in [0.25, 0.3) is 0 Å². The predicted octanol–water partition coefficient (Wildman–Crippen LogP) is 0.731. The summed E-state index contributed by atoms with van der Waals surface area (Å²) in [4.78, 5) is 14.1. The molecule has 1 N–H and O–H groups in total. The Balaban J connectivity index is 1.77. The summed E-state index contributed by atoms with van der Waals surface area (Å²) in [6.07, 6.45) is 6.54. The number of nitrogens with zero attached hydrogens (tertiary/aromatic N) is 3. The molecule has 0 saturated carbocycles. The van der Waals surface area contributed by atoms with Gasteiger partial charge in [-0.15, -0.1) is 0 Å². The van der Waals surface area contributed by atoms with Crippen LogP contribution in [0.1, 0.15) is 19.3 Å². The van der Waals surface area contributed by atoms with Gasteiger partial charge in [0.05, 0.1) is 0 Å². The van der Waals surface area contributed by atoms with Crippen LogP contribution in [-0.2, 0) is 11.3 Å². The molecular formula is C13H22N4O. The first-order valence-corrected chi connectivity index (χ1v) is 6.69. The monoisotopic (exact) mass is 250 g/mol. The van der Waals surface area contributed by atoms with E-state index in [0.29, 0.717) is 18.9 Å². The predicted molar refractivity (Wildman–Crippen MR) is 70.1 cm³/mol. The third kappa shape index (κ3) is 3.57. The number of carbonyl (C=O) groups excluding carboxylic acids is 1. The van der Waals surface area contributed by atoms with Crippen LogP contribution in [-0.4, -0.2) is 47.3 Å². The van der Waals surface area contributed by atoms with Crippen molar-refractivity contribution in [1.29, 1.82) is 0 Å². The normalized spacial score (nSPS) is 20.1. The van der Waals surface area contributed by atoms with Crippen LogP contribution in [0.2, 0.25) is 0 Å². The van der Waals surface area contributed by atoms with E-state index in [0.717, 1.165) is 26.1 Å². The van der Waals surface area contributed by atoms with Crippen LogP contribution in [0.3, 0.4) is 0 Å². The van der Waals surface area contributed by atoms with E-state index in [1.165, 1.54) is 6.42 Å². The van der Waals surface area contributed by atoms with Crippen molar-refractivity contribution in [3.63, 3.8) is 0 Å². The number of amides is 1. The molecule has 2 heterocycles. The molecular weight excluding hydrogens is 228 g/mol. The van der Waals surface area contributed by atoms with E-state index in [1.807, 2.05) is 28.9 Å². The van der Waals surface area contributed by atoms with Crippen molar-refractivity contribution in [1.82, 2.24) is 20.0 Å². The third-order valence-corrected chi connectivity index (χ3v) is 3.48. The lowest BCUT2D eigenvalue weighted by Gasteiger charge is -2.32. The number of piperidine rings is 1. The van der Waals surface area contributed by atoms with Crippen molar-refractivity contribution in [2.45, 2.75) is 25.8 Å². The maximum atomic E-state index is 12.1. The molecule has 1 aromatic rings. The van der Waals surface area contributed by atoms with Gasteiger partial charge < -0.3 is 10.2 Å². The lowest BCUT2D eigenvalue weighted by atomic mass is 9.98. The number of hydrogen-bond donors (Lipinski definition) is 1. The van der Waals surface area contributed by atoms with Crippen molar-refractivity contribution < 1.29 is 4.79 Å². The summed E-state index contributed by atoms with van der Waals surface area (Å²) in [7, 11) is 1.97. The maximum absolute atomic E-state index is 12.1. The largest absolute Gasteiger partial charge is 0.342 e. The fraction of sp³-hybridized carbons (Fsp3) is 0.692. The molecule has 2 rings (SSSR count). The van der Waals surface area contributed by atoms with Crippen LogP contribution in [0.25, 0.3) is 0 Å². The smallest absolute Gasteiger partial charge is 0.224 e. The Morgan fingerprint density at radius 1 is 1.56 bits per heavy atom. The highest BCUT2D eigenvalue weighted by atomic mass is 16.2. The Bertz CT molecular complexity index is 361. The zero-order chi connectivity index (χ0) is 12.8. The first-order chi connectivity index (χ1) is 8.79. The summed E-state index contributed by atoms with van der Waals surface area (Å²) >= 11 is 0. The number of rotatable bonds is 5. The summed E-state index contributed by atoms with van der Waals surface area (Å²) in [5, 5.41) is 7.31. The van der Waals surface area contributed by atoms with Crippen molar-refractivity contribution in [3.05, 3.63) is 18.5 Å². The second kappa shape index (κ2) is 6.54. The Morgan fingerprint density at radius 3 is 3.17 bits per heavy atom. The maximum Gasteiger partial charge on any atom is 0.224 e. The van der Waals surface area contributed by atoms with Gasteiger partial charge in [-0.25, -0.2) is 0 Å². The Kier molecular flexibility index (Phi) is 4.75. The van der Waals surface area contributed by atoms with Gasteiger partial charge in [-0.05, 0) is 38.4 Å². The van der Waals surface area contributed by atoms with E-state index in [1.54, 1.807) is 6.20 Å². The fourth-order valence-electron chi connectivity index (χ4n) is 2.55. The van der Waals surface area contributed by atoms with E-state index in [4.69, 9.17) is 0 Å². The summed E-state index contributed by atoms with van der Waals surface area (Å²) in [6.45, 7) is 3.50. The van der Waals surface area contributed by atoms with E-state index < -0.39 is 0 Å². The molecule has 18 heavy (non-hydrogen) atoms. The van der Waals surface area contributed by atoms with Gasteiger partial charge >= 0.3 is 0 Å². The van der Waals surface area contributed by atoms with Crippen molar-refractivity contribution >= 4 is 5.91 Å². The first-order valence-electron chi connectivity index (χ1n) is 6.69. The molecule has 1 aliphatic heterocycles. The van der Waals surface area contributed by atoms with Crippen LogP contribution < -0.4 is 5.32 Å². The number of carbonyl (C=O) groups is 1. The highest BCUT2D eigenvalue weighted by Crippen LogP contribution is 2.16. The van der Waals surface area contributed by atoms with Crippen LogP contribution in [0.5, 0.6) is 0 Å². The van der Waals surface area contributed by atoms with E-state index in [-0.39, 0.29) is 5.91 Å². The van der Waals surface area contributed by atoms with Gasteiger partial charge in [-0.1, -0.05) is 0 Å². The summed E-state index contributed by atoms with van der Waals surface area (Å²) in [5.41, 5.74) is 0. The third-order valence-electron chi connectivity index (χ3n) is 3.48. The Labute approximate surface area is 108 Å². The second-order valence-electron chi connectivity index (χ2n) is 4.92. The van der Waals surface area contributed by atoms with Gasteiger partial charge in [0.15, 0.2) is 0 Å². The quantitative estimate of drug-likeness (QED) is 0.838. The van der Waals surface area contributed by atoms with Crippen LogP contribution in [0.15, 0.2) is 18.5 Å². The molecule has 1 atom stereocenters. The minimum atomic E-state index is 0.256. The number of aromatic nitrogens is 2. The summed E-state index contributed by atoms with van der Waals surface area (Å²) in [6, 6.07) is 1.88. The summed E-state index contributed by atoms with van der Waals surface area (Å²) in [5.74, 6) is 0.865. The molecule has 1 saturated heterocycles. The molecule has 5 heteroatoms. The molecule has 0 spiro atoms. The van der Waals surface area contributed by atoms with Crippen LogP contribution in [0, 0.1) is 5.92 Å². The molecule has 0 bridgehead atoms. The minimum absolute atomic E-state index is 0.256. The number of aryl methyl sites for hydroxylation is 1. The highest BCUT2D eigenvalue weighted by molar-refractivity contribution is 5.76. The van der Waals surface area contributed by atoms with Crippen molar-refractivity contribution in [2.75, 3.05) is 26.7 Å². The van der Waals surface area contributed by atoms with E-state index >= 15 is 0 Å². The average Bonchev–Trinajstić information content (AvgIpc) is 2.90. The number of nitrogens with one attached hydrogen (secondary N) is 1. The molecule has 1 unspecified atom stereocenters. The zero-order valence-corrected chi connectivity index (χ0v) is 11.0. The topological polar surface area (TPSA) is 50.2 Å². The first kappa shape index (κ1) is 13.1. The lowest BCUT2D eigenvalue weighted by molar-refractivity contribution is -0.133. The molecule has 1 fully saturated rings. The van der Waals surface area contributed by atoms with E-state index in [2.05, 4.69) is 10.4 Å². The van der Waals surface area contributed by atoms with Gasteiger partial charge in [0.1, 0.15) is 0 Å². The lowest BCUT2D eigenvalue weighted by Crippen LogP contribution is -2.42. The van der Waals surface area contributed by atoms with Crippen molar-refractivity contribution in [3.8, 4) is 0 Å². The van der Waals surface area contributed by atoms with Gasteiger partial charge in [-0.2, -0.15) is 5.10 Å². The standard InChI is InChI=1S/C13H22N4O/c1-14-10-12-4-2-7-16(11-12)13(18)5-9-17-8-3-6-15-17/h3,6,8,12,14H,2,4-5,7,9-11H2,1H3. The molecule has 0 aliphatic carbocycles. The number of hydrogen-bond acceptors (Lipinski definition) is 3. The molecule has 5 nitrogen and oxygen atoms in total. The van der Waals surface area contributed by atoms with Crippen molar-refractivity contribution in [2.24, 2.45) is 5.92 Å². The fourth-order valence-corrected chi connectivity index (χ4v) is 2.55. The Morgan fingerprint density at radius 2 is 2.44 bits per heavy atom. The van der Waals surface area contributed by atoms with Crippen LogP contribution >= 0.6 is 0 Å². The summed E-state index contributed by atoms with van der Waals surface area (Å²) < 4.78 is 1.81. The van der Waals surface area contributed by atoms with E-state index in [9.17, 15) is 4.79 Å². The second-order valence-corrected chi connectivity index (χ2v) is 4.92. The van der Waals surface area contributed by atoms with Gasteiger partial charge in [0, 0.05) is 38.4 Å². The van der Waals surface area contributed by atoms with Crippen LogP contribution in [0.4, 0.5) is 0 Å². The van der Waals surface area contributed by atoms with Gasteiger partial charge in [0.2, 0.25) is 5.91 Å². The molecule has 0 aromatic carbocycles. The minimum Gasteiger partial charge on any atom is -0.342 e. The average molecular weight is 250 g/mol. The van der Waals surface area contributed by atoms with Gasteiger partial charge in [-0.3, -0.25) is 9.48 Å². The molecule has 1 aromatic heterocycles. The highest BCUT2D eigenvalue weighted by Gasteiger charge is 2.22. The molecule has 1 amide bonds. The SMILES string of the molecule is CNCC1CCCN(C(=O)CCn2cccn2)C1. The number of likely N-dealkylation sites (tertiary alicyclic amines) is 1. The molecule has 100 valence electrons. The zero-order valence-electron chi connectivity index (χ0n) is 11.0. The Hall–Kier alpha value is -1.36.